The van der Waals surface area contributed by atoms with E-state index in [2.05, 4.69) is 20.3 Å². The van der Waals surface area contributed by atoms with Crippen LogP contribution in [0.1, 0.15) is 12.8 Å². The number of rotatable bonds is 6. The van der Waals surface area contributed by atoms with Gasteiger partial charge in [-0.2, -0.15) is 0 Å². The molecule has 5 nitrogen and oxygen atoms in total. The number of nitrogens with zero attached hydrogens (tertiary/aromatic N) is 1. The molecule has 3 rings (SSSR count). The zero-order chi connectivity index (χ0) is 19.3. The fraction of sp³-hybridized carbons (Fsp3) is 0.316. The smallest absolute Gasteiger partial charge is 0.404 e. The average molecular weight is 379 g/mol. The number of para-hydroxylation sites is 2. The second-order valence-electron chi connectivity index (χ2n) is 6.19. The molecule has 2 N–H and O–H groups in total. The van der Waals surface area contributed by atoms with E-state index in [-0.39, 0.29) is 23.9 Å². The van der Waals surface area contributed by atoms with Crippen molar-refractivity contribution in [2.45, 2.75) is 19.2 Å². The van der Waals surface area contributed by atoms with Crippen molar-refractivity contribution in [2.24, 2.45) is 0 Å². The monoisotopic (exact) mass is 379 g/mol. The maximum atomic E-state index is 12.4. The van der Waals surface area contributed by atoms with E-state index in [0.29, 0.717) is 5.69 Å². The summed E-state index contributed by atoms with van der Waals surface area (Å²) in [7, 11) is 0. The van der Waals surface area contributed by atoms with Gasteiger partial charge in [-0.25, -0.2) is 0 Å². The van der Waals surface area contributed by atoms with E-state index in [1.165, 1.54) is 31.0 Å². The van der Waals surface area contributed by atoms with E-state index in [0.717, 1.165) is 18.8 Å². The van der Waals surface area contributed by atoms with E-state index < -0.39 is 6.36 Å². The Balaban J connectivity index is 1.54. The van der Waals surface area contributed by atoms with E-state index in [1.807, 2.05) is 24.3 Å². The van der Waals surface area contributed by atoms with Gasteiger partial charge in [0.25, 0.3) is 0 Å². The van der Waals surface area contributed by atoms with Crippen LogP contribution in [0.5, 0.6) is 5.75 Å². The second kappa shape index (κ2) is 8.20. The standard InChI is InChI=1S/C19H20F3N3O2/c20-19(21,22)27-17-6-2-1-5-16(17)23-13-18(26)24-14-7-9-15(10-8-14)25-11-3-4-12-25/h1-2,5-10,23H,3-4,11-13H2,(H,24,26). The van der Waals surface area contributed by atoms with Crippen molar-refractivity contribution >= 4 is 23.0 Å². The third-order valence-electron chi connectivity index (χ3n) is 4.17. The van der Waals surface area contributed by atoms with Crippen molar-refractivity contribution in [3.63, 3.8) is 0 Å². The van der Waals surface area contributed by atoms with Gasteiger partial charge in [-0.1, -0.05) is 12.1 Å². The number of alkyl halides is 3. The SMILES string of the molecule is O=C(CNc1ccccc1OC(F)(F)F)Nc1ccc(N2CCCC2)cc1. The molecule has 2 aromatic carbocycles. The van der Waals surface area contributed by atoms with Crippen molar-refractivity contribution in [1.29, 1.82) is 0 Å². The van der Waals surface area contributed by atoms with Gasteiger partial charge in [-0.15, -0.1) is 13.2 Å². The van der Waals surface area contributed by atoms with Crippen LogP contribution in [0.2, 0.25) is 0 Å². The summed E-state index contributed by atoms with van der Waals surface area (Å²) in [6, 6.07) is 13.1. The molecule has 0 bridgehead atoms. The van der Waals surface area contributed by atoms with Gasteiger partial charge >= 0.3 is 6.36 Å². The number of carbonyl (C=O) groups is 1. The molecule has 0 atom stereocenters. The maximum absolute atomic E-state index is 12.4. The lowest BCUT2D eigenvalue weighted by Gasteiger charge is -2.18. The van der Waals surface area contributed by atoms with Gasteiger partial charge < -0.3 is 20.3 Å². The van der Waals surface area contributed by atoms with E-state index >= 15 is 0 Å². The van der Waals surface area contributed by atoms with Gasteiger partial charge in [0, 0.05) is 24.5 Å². The highest BCUT2D eigenvalue weighted by atomic mass is 19.4. The van der Waals surface area contributed by atoms with Crippen molar-refractivity contribution < 1.29 is 22.7 Å². The Hall–Kier alpha value is -2.90. The Kier molecular flexibility index (Phi) is 5.73. The molecule has 27 heavy (non-hydrogen) atoms. The molecule has 1 saturated heterocycles. The minimum Gasteiger partial charge on any atom is -0.404 e. The molecule has 1 aliphatic rings. The topological polar surface area (TPSA) is 53.6 Å². The molecule has 1 heterocycles. The number of hydrogen-bond donors (Lipinski definition) is 2. The molecule has 144 valence electrons. The molecule has 0 radical (unpaired) electrons. The summed E-state index contributed by atoms with van der Waals surface area (Å²) in [5.74, 6) is -0.751. The molecule has 1 amide bonds. The first kappa shape index (κ1) is 18.9. The maximum Gasteiger partial charge on any atom is 0.573 e. The number of carbonyl (C=O) groups excluding carboxylic acids is 1. The molecule has 0 saturated carbocycles. The highest BCUT2D eigenvalue weighted by Gasteiger charge is 2.32. The van der Waals surface area contributed by atoms with Gasteiger partial charge in [-0.05, 0) is 49.2 Å². The van der Waals surface area contributed by atoms with Crippen LogP contribution in [0.3, 0.4) is 0 Å². The number of hydrogen-bond acceptors (Lipinski definition) is 4. The van der Waals surface area contributed by atoms with Crippen LogP contribution >= 0.6 is 0 Å². The normalized spacial score (nSPS) is 14.1. The van der Waals surface area contributed by atoms with E-state index in [4.69, 9.17) is 0 Å². The van der Waals surface area contributed by atoms with Gasteiger partial charge in [0.15, 0.2) is 5.75 Å². The van der Waals surface area contributed by atoms with Gasteiger partial charge in [0.05, 0.1) is 12.2 Å². The van der Waals surface area contributed by atoms with Crippen molar-refractivity contribution in [3.05, 3.63) is 48.5 Å². The lowest BCUT2D eigenvalue weighted by molar-refractivity contribution is -0.274. The fourth-order valence-electron chi connectivity index (χ4n) is 2.94. The molecule has 0 aliphatic carbocycles. The summed E-state index contributed by atoms with van der Waals surface area (Å²) in [4.78, 5) is 14.4. The first-order chi connectivity index (χ1) is 12.9. The number of nitrogens with one attached hydrogen (secondary N) is 2. The van der Waals surface area contributed by atoms with Crippen LogP contribution in [-0.4, -0.2) is 31.9 Å². The highest BCUT2D eigenvalue weighted by Crippen LogP contribution is 2.29. The molecular weight excluding hydrogens is 359 g/mol. The zero-order valence-electron chi connectivity index (χ0n) is 14.6. The lowest BCUT2D eigenvalue weighted by Crippen LogP contribution is -2.23. The van der Waals surface area contributed by atoms with Gasteiger partial charge in [0.2, 0.25) is 5.91 Å². The largest absolute Gasteiger partial charge is 0.573 e. The van der Waals surface area contributed by atoms with Crippen LogP contribution < -0.4 is 20.3 Å². The van der Waals surface area contributed by atoms with Crippen molar-refractivity contribution in [1.82, 2.24) is 0 Å². The Morgan fingerprint density at radius 2 is 1.70 bits per heavy atom. The summed E-state index contributed by atoms with van der Waals surface area (Å²) in [6.45, 7) is 1.89. The van der Waals surface area contributed by atoms with Crippen LogP contribution in [0.25, 0.3) is 0 Å². The Morgan fingerprint density at radius 1 is 1.04 bits per heavy atom. The van der Waals surface area contributed by atoms with E-state index in [9.17, 15) is 18.0 Å². The molecule has 0 aromatic heterocycles. The Bertz CT molecular complexity index is 773. The first-order valence-corrected chi connectivity index (χ1v) is 8.64. The minimum atomic E-state index is -4.79. The molecular formula is C19H20F3N3O2. The fourth-order valence-corrected chi connectivity index (χ4v) is 2.94. The summed E-state index contributed by atoms with van der Waals surface area (Å²) in [5, 5.41) is 5.38. The van der Waals surface area contributed by atoms with Crippen molar-refractivity contribution in [3.8, 4) is 5.75 Å². The molecule has 0 unspecified atom stereocenters. The lowest BCUT2D eigenvalue weighted by atomic mass is 10.2. The van der Waals surface area contributed by atoms with Crippen LogP contribution in [0, 0.1) is 0 Å². The summed E-state index contributed by atoms with van der Waals surface area (Å²) in [6.07, 6.45) is -2.43. The third kappa shape index (κ3) is 5.54. The Labute approximate surface area is 155 Å². The summed E-state index contributed by atoms with van der Waals surface area (Å²) < 4.78 is 41.2. The molecule has 2 aromatic rings. The third-order valence-corrected chi connectivity index (χ3v) is 4.17. The molecule has 1 aliphatic heterocycles. The van der Waals surface area contributed by atoms with Gasteiger partial charge in [0.1, 0.15) is 0 Å². The van der Waals surface area contributed by atoms with E-state index in [1.54, 1.807) is 6.07 Å². The number of amides is 1. The number of halogens is 3. The summed E-state index contributed by atoms with van der Waals surface area (Å²) >= 11 is 0. The van der Waals surface area contributed by atoms with Crippen molar-refractivity contribution in [2.75, 3.05) is 35.2 Å². The highest BCUT2D eigenvalue weighted by molar-refractivity contribution is 5.94. The second-order valence-corrected chi connectivity index (χ2v) is 6.19. The number of anilines is 3. The summed E-state index contributed by atoms with van der Waals surface area (Å²) in [5.41, 5.74) is 1.83. The molecule has 8 heteroatoms. The van der Waals surface area contributed by atoms with Gasteiger partial charge in [-0.3, -0.25) is 4.79 Å². The molecule has 1 fully saturated rings. The first-order valence-electron chi connectivity index (χ1n) is 8.64. The quantitative estimate of drug-likeness (QED) is 0.789. The predicted octanol–water partition coefficient (Wildman–Crippen LogP) is 4.24. The minimum absolute atomic E-state index is 0.0920. The molecule has 0 spiro atoms. The number of benzene rings is 2. The average Bonchev–Trinajstić information content (AvgIpc) is 3.15. The van der Waals surface area contributed by atoms with Crippen LogP contribution in [-0.2, 0) is 4.79 Å². The predicted molar refractivity (Wildman–Crippen MR) is 98.1 cm³/mol. The number of ether oxygens (including phenoxy) is 1. The van der Waals surface area contributed by atoms with Crippen LogP contribution in [0.4, 0.5) is 30.2 Å². The van der Waals surface area contributed by atoms with Crippen LogP contribution in [0.15, 0.2) is 48.5 Å². The Morgan fingerprint density at radius 3 is 2.37 bits per heavy atom. The zero-order valence-corrected chi connectivity index (χ0v) is 14.6.